The van der Waals surface area contributed by atoms with Crippen molar-refractivity contribution < 1.29 is 19.1 Å². The minimum Gasteiger partial charge on any atom is -0.469 e. The molecule has 0 radical (unpaired) electrons. The number of imide groups is 1. The number of hydrogen-bond acceptors (Lipinski definition) is 5. The normalized spacial score (nSPS) is 18.1. The first-order chi connectivity index (χ1) is 9.09. The van der Waals surface area contributed by atoms with Gasteiger partial charge in [0, 0.05) is 18.6 Å². The maximum Gasteiger partial charge on any atom is 0.325 e. The number of methoxy groups -OCH3 is 1. The highest BCUT2D eigenvalue weighted by atomic mass is 16.5. The minimum absolute atomic E-state index is 0.217. The van der Waals surface area contributed by atoms with Crippen LogP contribution in [0.2, 0.25) is 0 Å². The summed E-state index contributed by atoms with van der Waals surface area (Å²) in [5.41, 5.74) is -1.31. The Hall–Kier alpha value is -1.63. The minimum atomic E-state index is -0.849. The van der Waals surface area contributed by atoms with Crippen molar-refractivity contribution in [1.82, 2.24) is 15.5 Å². The fraction of sp³-hybridized carbons (Fsp3) is 0.769. The fourth-order valence-corrected chi connectivity index (χ4v) is 2.02. The van der Waals surface area contributed by atoms with E-state index >= 15 is 0 Å². The molecule has 1 rings (SSSR count). The van der Waals surface area contributed by atoms with Gasteiger partial charge in [0.25, 0.3) is 5.91 Å². The van der Waals surface area contributed by atoms with Gasteiger partial charge in [-0.3, -0.25) is 14.5 Å². The molecule has 0 aromatic heterocycles. The molecule has 1 aliphatic heterocycles. The number of hydrogen-bond donors (Lipinski definition) is 2. The number of nitrogens with one attached hydrogen (secondary N) is 2. The van der Waals surface area contributed by atoms with Crippen LogP contribution in [0.25, 0.3) is 0 Å². The molecule has 2 N–H and O–H groups in total. The van der Waals surface area contributed by atoms with E-state index < -0.39 is 11.1 Å². The number of ether oxygens (including phenoxy) is 1. The number of carbonyl (C=O) groups excluding carboxylic acids is 3. The maximum absolute atomic E-state index is 12.0. The van der Waals surface area contributed by atoms with Gasteiger partial charge in [0.05, 0.1) is 13.5 Å². The maximum atomic E-state index is 12.0. The second kappa shape index (κ2) is 5.78. The zero-order valence-electron chi connectivity index (χ0n) is 12.7. The summed E-state index contributed by atoms with van der Waals surface area (Å²) >= 11 is 0. The third-order valence-corrected chi connectivity index (χ3v) is 3.20. The smallest absolute Gasteiger partial charge is 0.325 e. The molecule has 0 atom stereocenters. The molecule has 114 valence electrons. The van der Waals surface area contributed by atoms with Gasteiger partial charge in [0.15, 0.2) is 0 Å². The van der Waals surface area contributed by atoms with E-state index in [0.29, 0.717) is 6.54 Å². The van der Waals surface area contributed by atoms with Crippen LogP contribution in [0.15, 0.2) is 0 Å². The summed E-state index contributed by atoms with van der Waals surface area (Å²) in [5, 5.41) is 5.76. The number of amides is 3. The molecule has 1 saturated heterocycles. The van der Waals surface area contributed by atoms with E-state index in [-0.39, 0.29) is 30.9 Å². The Kier molecular flexibility index (Phi) is 4.75. The summed E-state index contributed by atoms with van der Waals surface area (Å²) in [6, 6.07) is -0.382. The van der Waals surface area contributed by atoms with Gasteiger partial charge < -0.3 is 15.4 Å². The van der Waals surface area contributed by atoms with Gasteiger partial charge >= 0.3 is 12.0 Å². The molecule has 0 unspecified atom stereocenters. The third-order valence-electron chi connectivity index (χ3n) is 3.20. The molecule has 20 heavy (non-hydrogen) atoms. The molecule has 1 fully saturated rings. The molecule has 0 aliphatic carbocycles. The third kappa shape index (κ3) is 3.93. The van der Waals surface area contributed by atoms with Crippen LogP contribution in [-0.4, -0.2) is 54.1 Å². The van der Waals surface area contributed by atoms with Crippen LogP contribution in [0.4, 0.5) is 4.79 Å². The van der Waals surface area contributed by atoms with Gasteiger partial charge in [0.2, 0.25) is 0 Å². The standard InChI is InChI=1S/C13H23N3O4/c1-12(2,8-9(17)20-5)14-6-7-16-10(18)13(3,4)15-11(16)19/h14H,6-8H2,1-5H3,(H,15,19). The fourth-order valence-electron chi connectivity index (χ4n) is 2.02. The predicted molar refractivity (Wildman–Crippen MR) is 73.0 cm³/mol. The monoisotopic (exact) mass is 285 g/mol. The van der Waals surface area contributed by atoms with Crippen LogP contribution in [0.5, 0.6) is 0 Å². The molecule has 1 aliphatic rings. The average Bonchev–Trinajstić information content (AvgIpc) is 2.50. The quantitative estimate of drug-likeness (QED) is 0.539. The Morgan fingerprint density at radius 2 is 2.00 bits per heavy atom. The van der Waals surface area contributed by atoms with Gasteiger partial charge in [-0.1, -0.05) is 0 Å². The largest absolute Gasteiger partial charge is 0.469 e. The van der Waals surface area contributed by atoms with Crippen LogP contribution in [-0.2, 0) is 14.3 Å². The highest BCUT2D eigenvalue weighted by Gasteiger charge is 2.43. The Morgan fingerprint density at radius 1 is 1.40 bits per heavy atom. The SMILES string of the molecule is COC(=O)CC(C)(C)NCCN1C(=O)NC(C)(C)C1=O. The summed E-state index contributed by atoms with van der Waals surface area (Å²) < 4.78 is 4.62. The van der Waals surface area contributed by atoms with E-state index in [1.165, 1.54) is 12.0 Å². The van der Waals surface area contributed by atoms with E-state index in [2.05, 4.69) is 15.4 Å². The molecule has 7 heteroatoms. The molecule has 7 nitrogen and oxygen atoms in total. The highest BCUT2D eigenvalue weighted by molar-refractivity contribution is 6.06. The number of carbonyl (C=O) groups is 3. The van der Waals surface area contributed by atoms with Crippen molar-refractivity contribution in [2.24, 2.45) is 0 Å². The highest BCUT2D eigenvalue weighted by Crippen LogP contribution is 2.16. The van der Waals surface area contributed by atoms with Gasteiger partial charge in [0.1, 0.15) is 5.54 Å². The zero-order valence-corrected chi connectivity index (χ0v) is 12.7. The molecule has 0 aromatic carbocycles. The van der Waals surface area contributed by atoms with E-state index in [4.69, 9.17) is 0 Å². The summed E-state index contributed by atoms with van der Waals surface area (Å²) in [6.45, 7) is 7.74. The van der Waals surface area contributed by atoms with Crippen molar-refractivity contribution in [1.29, 1.82) is 0 Å². The second-order valence-corrected chi connectivity index (χ2v) is 6.08. The van der Waals surface area contributed by atoms with E-state index in [9.17, 15) is 14.4 Å². The van der Waals surface area contributed by atoms with Gasteiger partial charge in [-0.05, 0) is 27.7 Å². The first kappa shape index (κ1) is 16.4. The molecule has 3 amide bonds. The van der Waals surface area contributed by atoms with Gasteiger partial charge in [-0.25, -0.2) is 4.79 Å². The van der Waals surface area contributed by atoms with E-state index in [1.54, 1.807) is 13.8 Å². The Labute approximate surface area is 119 Å². The van der Waals surface area contributed by atoms with Gasteiger partial charge in [-0.2, -0.15) is 0 Å². The average molecular weight is 285 g/mol. The lowest BCUT2D eigenvalue weighted by Crippen LogP contribution is -2.46. The topological polar surface area (TPSA) is 87.7 Å². The van der Waals surface area contributed by atoms with Crippen molar-refractivity contribution in [3.05, 3.63) is 0 Å². The number of esters is 1. The molecule has 0 bridgehead atoms. The van der Waals surface area contributed by atoms with Crippen molar-refractivity contribution >= 4 is 17.9 Å². The van der Waals surface area contributed by atoms with Crippen molar-refractivity contribution in [3.8, 4) is 0 Å². The molecule has 0 saturated carbocycles. The Balaban J connectivity index is 2.47. The van der Waals surface area contributed by atoms with Crippen LogP contribution in [0.3, 0.4) is 0 Å². The summed E-state index contributed by atoms with van der Waals surface area (Å²) in [5.74, 6) is -0.548. The summed E-state index contributed by atoms with van der Waals surface area (Å²) in [7, 11) is 1.34. The first-order valence-corrected chi connectivity index (χ1v) is 6.55. The predicted octanol–water partition coefficient (Wildman–Crippen LogP) is 0.248. The van der Waals surface area contributed by atoms with E-state index in [1.807, 2.05) is 13.8 Å². The van der Waals surface area contributed by atoms with Crippen molar-refractivity contribution in [2.75, 3.05) is 20.2 Å². The molecule has 0 aromatic rings. The van der Waals surface area contributed by atoms with Crippen LogP contribution < -0.4 is 10.6 Å². The Morgan fingerprint density at radius 3 is 2.45 bits per heavy atom. The van der Waals surface area contributed by atoms with Crippen molar-refractivity contribution in [3.63, 3.8) is 0 Å². The van der Waals surface area contributed by atoms with Gasteiger partial charge in [-0.15, -0.1) is 0 Å². The number of urea groups is 1. The second-order valence-electron chi connectivity index (χ2n) is 6.08. The van der Waals surface area contributed by atoms with Crippen LogP contribution >= 0.6 is 0 Å². The van der Waals surface area contributed by atoms with Crippen LogP contribution in [0.1, 0.15) is 34.1 Å². The lowest BCUT2D eigenvalue weighted by Gasteiger charge is -2.26. The molecular weight excluding hydrogens is 262 g/mol. The first-order valence-electron chi connectivity index (χ1n) is 6.55. The summed E-state index contributed by atoms with van der Waals surface area (Å²) in [4.78, 5) is 36.1. The zero-order chi connectivity index (χ0) is 15.6. The molecular formula is C13H23N3O4. The lowest BCUT2D eigenvalue weighted by atomic mass is 10.0. The molecule has 1 heterocycles. The number of nitrogens with zero attached hydrogens (tertiary/aromatic N) is 1. The van der Waals surface area contributed by atoms with Crippen molar-refractivity contribution in [2.45, 2.75) is 45.2 Å². The molecule has 0 spiro atoms. The number of rotatable bonds is 6. The van der Waals surface area contributed by atoms with Crippen LogP contribution in [0, 0.1) is 0 Å². The Bertz CT molecular complexity index is 418. The van der Waals surface area contributed by atoms with E-state index in [0.717, 1.165) is 0 Å². The lowest BCUT2D eigenvalue weighted by molar-refractivity contribution is -0.142. The summed E-state index contributed by atoms with van der Waals surface area (Å²) in [6.07, 6.45) is 0.217.